The van der Waals surface area contributed by atoms with E-state index in [-0.39, 0.29) is 5.97 Å². The molecule has 0 radical (unpaired) electrons. The Hall–Kier alpha value is -1.69. The van der Waals surface area contributed by atoms with E-state index < -0.39 is 0 Å². The second kappa shape index (κ2) is 5.13. The van der Waals surface area contributed by atoms with Gasteiger partial charge in [-0.25, -0.2) is 14.8 Å². The van der Waals surface area contributed by atoms with Gasteiger partial charge in [0.15, 0.2) is 5.69 Å². The normalized spacial score (nSPS) is 17.7. The van der Waals surface area contributed by atoms with Gasteiger partial charge in [-0.1, -0.05) is 0 Å². The number of nitrogens with zero attached hydrogens (tertiary/aromatic N) is 2. The van der Waals surface area contributed by atoms with Crippen molar-refractivity contribution in [2.45, 2.75) is 38.8 Å². The van der Waals surface area contributed by atoms with E-state index in [1.54, 1.807) is 6.92 Å². The minimum atomic E-state index is -0.358. The first-order chi connectivity index (χ1) is 9.28. The molecule has 1 aliphatic heterocycles. The minimum absolute atomic E-state index is 0.358. The molecule has 2 heterocycles. The standard InChI is InChI=1S/C13H18N4O2/c1-2-19-12(18)11-9-7-14-6-5-10(9)16-13(17-11)15-8-3-4-8/h8,14H,2-7H2,1H3,(H,15,16,17). The molecule has 6 nitrogen and oxygen atoms in total. The molecule has 0 aromatic carbocycles. The topological polar surface area (TPSA) is 76.1 Å². The molecule has 1 aromatic rings. The highest BCUT2D eigenvalue weighted by atomic mass is 16.5. The lowest BCUT2D eigenvalue weighted by Gasteiger charge is -2.19. The average molecular weight is 262 g/mol. The Morgan fingerprint density at radius 1 is 1.47 bits per heavy atom. The van der Waals surface area contributed by atoms with Crippen molar-refractivity contribution in [3.05, 3.63) is 17.0 Å². The fraction of sp³-hybridized carbons (Fsp3) is 0.615. The zero-order valence-electron chi connectivity index (χ0n) is 11.0. The largest absolute Gasteiger partial charge is 0.461 e. The quantitative estimate of drug-likeness (QED) is 0.784. The summed E-state index contributed by atoms with van der Waals surface area (Å²) >= 11 is 0. The number of esters is 1. The van der Waals surface area contributed by atoms with Crippen LogP contribution >= 0.6 is 0 Å². The van der Waals surface area contributed by atoms with Gasteiger partial charge in [0.2, 0.25) is 5.95 Å². The van der Waals surface area contributed by atoms with Crippen LogP contribution in [0.2, 0.25) is 0 Å². The number of carbonyl (C=O) groups excluding carboxylic acids is 1. The van der Waals surface area contributed by atoms with Gasteiger partial charge in [0.05, 0.1) is 12.3 Å². The number of ether oxygens (including phenoxy) is 1. The molecule has 0 amide bonds. The zero-order valence-corrected chi connectivity index (χ0v) is 11.0. The van der Waals surface area contributed by atoms with E-state index in [1.807, 2.05) is 0 Å². The number of aromatic nitrogens is 2. The van der Waals surface area contributed by atoms with Crippen LogP contribution in [0.5, 0.6) is 0 Å². The number of hydrogen-bond acceptors (Lipinski definition) is 6. The molecule has 3 rings (SSSR count). The van der Waals surface area contributed by atoms with E-state index in [0.717, 1.165) is 37.1 Å². The van der Waals surface area contributed by atoms with Crippen LogP contribution in [0.3, 0.4) is 0 Å². The minimum Gasteiger partial charge on any atom is -0.461 e. The lowest BCUT2D eigenvalue weighted by molar-refractivity contribution is 0.0517. The SMILES string of the molecule is CCOC(=O)c1nc(NC2CC2)nc2c1CNCC2. The van der Waals surface area contributed by atoms with E-state index in [1.165, 1.54) is 0 Å². The summed E-state index contributed by atoms with van der Waals surface area (Å²) in [6.45, 7) is 3.67. The summed E-state index contributed by atoms with van der Waals surface area (Å²) in [4.78, 5) is 20.9. The molecule has 0 atom stereocenters. The van der Waals surface area contributed by atoms with Gasteiger partial charge in [-0.3, -0.25) is 0 Å². The molecule has 1 aromatic heterocycles. The van der Waals surface area contributed by atoms with Crippen LogP contribution in [0.15, 0.2) is 0 Å². The second-order valence-electron chi connectivity index (χ2n) is 4.89. The average Bonchev–Trinajstić information content (AvgIpc) is 3.22. The van der Waals surface area contributed by atoms with Crippen LogP contribution in [0.4, 0.5) is 5.95 Å². The van der Waals surface area contributed by atoms with Gasteiger partial charge in [-0.2, -0.15) is 0 Å². The van der Waals surface area contributed by atoms with Gasteiger partial charge < -0.3 is 15.4 Å². The van der Waals surface area contributed by atoms with Crippen molar-refractivity contribution in [2.75, 3.05) is 18.5 Å². The predicted molar refractivity (Wildman–Crippen MR) is 70.0 cm³/mol. The fourth-order valence-corrected chi connectivity index (χ4v) is 2.19. The van der Waals surface area contributed by atoms with Crippen molar-refractivity contribution in [3.8, 4) is 0 Å². The Morgan fingerprint density at radius 2 is 2.32 bits per heavy atom. The highest BCUT2D eigenvalue weighted by Crippen LogP contribution is 2.25. The van der Waals surface area contributed by atoms with Gasteiger partial charge >= 0.3 is 5.97 Å². The van der Waals surface area contributed by atoms with Crippen LogP contribution in [0, 0.1) is 0 Å². The molecule has 2 aliphatic rings. The number of carbonyl (C=O) groups is 1. The highest BCUT2D eigenvalue weighted by Gasteiger charge is 2.26. The summed E-state index contributed by atoms with van der Waals surface area (Å²) in [7, 11) is 0. The number of rotatable bonds is 4. The van der Waals surface area contributed by atoms with Crippen molar-refractivity contribution >= 4 is 11.9 Å². The van der Waals surface area contributed by atoms with Crippen LogP contribution < -0.4 is 10.6 Å². The number of nitrogens with one attached hydrogen (secondary N) is 2. The molecular formula is C13H18N4O2. The maximum Gasteiger partial charge on any atom is 0.357 e. The molecule has 1 fully saturated rings. The van der Waals surface area contributed by atoms with Gasteiger partial charge in [0.25, 0.3) is 0 Å². The summed E-state index contributed by atoms with van der Waals surface area (Å²) in [5.74, 6) is 0.204. The zero-order chi connectivity index (χ0) is 13.2. The fourth-order valence-electron chi connectivity index (χ4n) is 2.19. The molecule has 0 unspecified atom stereocenters. The third kappa shape index (κ3) is 2.68. The van der Waals surface area contributed by atoms with Crippen LogP contribution in [0.1, 0.15) is 41.5 Å². The van der Waals surface area contributed by atoms with Crippen LogP contribution in [0.25, 0.3) is 0 Å². The third-order valence-corrected chi connectivity index (χ3v) is 3.31. The van der Waals surface area contributed by atoms with Crippen molar-refractivity contribution in [3.63, 3.8) is 0 Å². The van der Waals surface area contributed by atoms with Crippen LogP contribution in [-0.2, 0) is 17.7 Å². The summed E-state index contributed by atoms with van der Waals surface area (Å²) in [5.41, 5.74) is 2.24. The molecule has 1 aliphatic carbocycles. The maximum absolute atomic E-state index is 12.0. The Balaban J connectivity index is 1.95. The van der Waals surface area contributed by atoms with Crippen molar-refractivity contribution in [1.82, 2.24) is 15.3 Å². The van der Waals surface area contributed by atoms with E-state index in [2.05, 4.69) is 20.6 Å². The molecule has 102 valence electrons. The lowest BCUT2D eigenvalue weighted by Crippen LogP contribution is -2.29. The first-order valence-electron chi connectivity index (χ1n) is 6.82. The molecule has 0 spiro atoms. The van der Waals surface area contributed by atoms with Crippen LogP contribution in [-0.4, -0.2) is 35.1 Å². The molecule has 1 saturated carbocycles. The first-order valence-corrected chi connectivity index (χ1v) is 6.82. The van der Waals surface area contributed by atoms with Gasteiger partial charge in [-0.05, 0) is 19.8 Å². The molecule has 0 bridgehead atoms. The molecular weight excluding hydrogens is 244 g/mol. The first kappa shape index (κ1) is 12.3. The van der Waals surface area contributed by atoms with Crippen molar-refractivity contribution in [1.29, 1.82) is 0 Å². The molecule has 2 N–H and O–H groups in total. The van der Waals surface area contributed by atoms with Gasteiger partial charge in [0, 0.05) is 31.1 Å². The summed E-state index contributed by atoms with van der Waals surface area (Å²) in [6.07, 6.45) is 3.12. The molecule has 19 heavy (non-hydrogen) atoms. The van der Waals surface area contributed by atoms with E-state index in [0.29, 0.717) is 30.8 Å². The maximum atomic E-state index is 12.0. The number of fused-ring (bicyclic) bond motifs is 1. The summed E-state index contributed by atoms with van der Waals surface area (Å²) < 4.78 is 5.08. The highest BCUT2D eigenvalue weighted by molar-refractivity contribution is 5.89. The summed E-state index contributed by atoms with van der Waals surface area (Å²) in [6, 6.07) is 0.467. The molecule has 0 saturated heterocycles. The van der Waals surface area contributed by atoms with Gasteiger partial charge in [-0.15, -0.1) is 0 Å². The number of hydrogen-bond donors (Lipinski definition) is 2. The number of anilines is 1. The lowest BCUT2D eigenvalue weighted by atomic mass is 10.1. The van der Waals surface area contributed by atoms with E-state index >= 15 is 0 Å². The second-order valence-corrected chi connectivity index (χ2v) is 4.89. The summed E-state index contributed by atoms with van der Waals surface area (Å²) in [5, 5.41) is 6.50. The Bertz CT molecular complexity index is 500. The molecule has 6 heteroatoms. The predicted octanol–water partition coefficient (Wildman–Crippen LogP) is 0.873. The Labute approximate surface area is 112 Å². The Morgan fingerprint density at radius 3 is 3.05 bits per heavy atom. The smallest absolute Gasteiger partial charge is 0.357 e. The Kier molecular flexibility index (Phi) is 3.33. The third-order valence-electron chi connectivity index (χ3n) is 3.31. The van der Waals surface area contributed by atoms with Crippen molar-refractivity contribution in [2.24, 2.45) is 0 Å². The van der Waals surface area contributed by atoms with E-state index in [4.69, 9.17) is 4.74 Å². The monoisotopic (exact) mass is 262 g/mol. The van der Waals surface area contributed by atoms with E-state index in [9.17, 15) is 4.79 Å². The van der Waals surface area contributed by atoms with Gasteiger partial charge in [0.1, 0.15) is 0 Å². The van der Waals surface area contributed by atoms with Crippen molar-refractivity contribution < 1.29 is 9.53 Å².